The van der Waals surface area contributed by atoms with Crippen LogP contribution in [0.3, 0.4) is 0 Å². The zero-order valence-corrected chi connectivity index (χ0v) is 18.4. The average molecular weight is 430 g/mol. The van der Waals surface area contributed by atoms with Crippen molar-refractivity contribution in [3.05, 3.63) is 35.4 Å². The van der Waals surface area contributed by atoms with Gasteiger partial charge in [0.15, 0.2) is 5.82 Å². The summed E-state index contributed by atoms with van der Waals surface area (Å²) in [6.07, 6.45) is 6.64. The van der Waals surface area contributed by atoms with Crippen molar-refractivity contribution in [2.24, 2.45) is 17.8 Å². The molecule has 1 aromatic carbocycles. The van der Waals surface area contributed by atoms with E-state index < -0.39 is 0 Å². The minimum absolute atomic E-state index is 0.0992. The van der Waals surface area contributed by atoms with Gasteiger partial charge >= 0.3 is 6.01 Å². The Labute approximate surface area is 183 Å². The van der Waals surface area contributed by atoms with Crippen LogP contribution in [-0.2, 0) is 11.2 Å². The van der Waals surface area contributed by atoms with Gasteiger partial charge in [-0.2, -0.15) is 4.98 Å². The normalized spacial score (nSPS) is 21.5. The Hall–Kier alpha value is -2.44. The highest BCUT2D eigenvalue weighted by atomic mass is 19.1. The van der Waals surface area contributed by atoms with E-state index in [2.05, 4.69) is 28.9 Å². The second-order valence-corrected chi connectivity index (χ2v) is 9.19. The molecule has 7 heteroatoms. The smallest absolute Gasteiger partial charge is 0.324 e. The minimum atomic E-state index is -0.376. The summed E-state index contributed by atoms with van der Waals surface area (Å²) in [5, 5.41) is 4.08. The number of rotatable bonds is 10. The third-order valence-corrected chi connectivity index (χ3v) is 6.66. The van der Waals surface area contributed by atoms with Gasteiger partial charge in [0.05, 0.1) is 6.61 Å². The van der Waals surface area contributed by atoms with Gasteiger partial charge in [-0.15, -0.1) is 0 Å². The van der Waals surface area contributed by atoms with Gasteiger partial charge in [-0.3, -0.25) is 0 Å². The Morgan fingerprint density at radius 2 is 2.13 bits per heavy atom. The maximum absolute atomic E-state index is 13.9. The molecule has 1 saturated heterocycles. The number of anilines is 1. The maximum Gasteiger partial charge on any atom is 0.324 e. The van der Waals surface area contributed by atoms with E-state index in [9.17, 15) is 9.18 Å². The summed E-state index contributed by atoms with van der Waals surface area (Å²) in [7, 11) is 0. The molecule has 1 aliphatic heterocycles. The van der Waals surface area contributed by atoms with E-state index in [0.717, 1.165) is 49.5 Å². The molecular formula is C24H32FN3O3. The monoisotopic (exact) mass is 429 g/mol. The number of ether oxygens (including phenoxy) is 1. The second kappa shape index (κ2) is 9.79. The predicted molar refractivity (Wildman–Crippen MR) is 116 cm³/mol. The van der Waals surface area contributed by atoms with Crippen LogP contribution in [0.15, 0.2) is 22.7 Å². The maximum atomic E-state index is 13.9. The van der Waals surface area contributed by atoms with E-state index in [1.807, 2.05) is 0 Å². The summed E-state index contributed by atoms with van der Waals surface area (Å²) in [5.41, 5.74) is 0.411. The van der Waals surface area contributed by atoms with Crippen molar-refractivity contribution in [1.29, 1.82) is 0 Å². The van der Waals surface area contributed by atoms with Gasteiger partial charge in [0.25, 0.3) is 0 Å². The number of carbonyl (C=O) groups is 1. The Kier molecular flexibility index (Phi) is 6.88. The van der Waals surface area contributed by atoms with E-state index in [-0.39, 0.29) is 18.2 Å². The van der Waals surface area contributed by atoms with Crippen molar-refractivity contribution in [3.8, 4) is 5.75 Å². The first-order valence-corrected chi connectivity index (χ1v) is 11.5. The molecule has 31 heavy (non-hydrogen) atoms. The molecule has 2 unspecified atom stereocenters. The van der Waals surface area contributed by atoms with Crippen LogP contribution in [0.1, 0.15) is 63.3 Å². The van der Waals surface area contributed by atoms with Gasteiger partial charge < -0.3 is 19.0 Å². The second-order valence-electron chi connectivity index (χ2n) is 9.19. The van der Waals surface area contributed by atoms with Crippen LogP contribution >= 0.6 is 0 Å². The number of nitrogens with zero attached hydrogens (tertiary/aromatic N) is 3. The van der Waals surface area contributed by atoms with Crippen LogP contribution in [0, 0.1) is 23.6 Å². The quantitative estimate of drug-likeness (QED) is 0.400. The largest absolute Gasteiger partial charge is 0.493 e. The number of aldehydes is 1. The molecule has 0 radical (unpaired) electrons. The van der Waals surface area contributed by atoms with Crippen LogP contribution in [0.25, 0.3) is 0 Å². The number of benzene rings is 1. The van der Waals surface area contributed by atoms with Crippen molar-refractivity contribution < 1.29 is 18.4 Å². The fourth-order valence-corrected chi connectivity index (χ4v) is 4.70. The topological polar surface area (TPSA) is 68.5 Å². The molecule has 2 aromatic rings. The van der Waals surface area contributed by atoms with Crippen LogP contribution in [0.4, 0.5) is 10.4 Å². The summed E-state index contributed by atoms with van der Waals surface area (Å²) in [6, 6.07) is 5.41. The summed E-state index contributed by atoms with van der Waals surface area (Å²) in [4.78, 5) is 17.3. The molecule has 6 nitrogen and oxygen atoms in total. The van der Waals surface area contributed by atoms with E-state index in [4.69, 9.17) is 9.26 Å². The molecule has 0 amide bonds. The fourth-order valence-electron chi connectivity index (χ4n) is 4.70. The van der Waals surface area contributed by atoms with Crippen LogP contribution in [-0.4, -0.2) is 36.1 Å². The SMILES string of the molecule is CC(C)c1noc(N2CCC(C3CC3CCCOc3ccc(CC=O)c(F)c3)CC2)n1. The highest BCUT2D eigenvalue weighted by molar-refractivity contribution is 5.55. The molecule has 1 aromatic heterocycles. The van der Waals surface area contributed by atoms with E-state index in [0.29, 0.717) is 30.2 Å². The number of hydrogen-bond donors (Lipinski definition) is 0. The first-order valence-electron chi connectivity index (χ1n) is 11.5. The van der Waals surface area contributed by atoms with Crippen LogP contribution < -0.4 is 9.64 Å². The van der Waals surface area contributed by atoms with Crippen LogP contribution in [0.2, 0.25) is 0 Å². The molecular weight excluding hydrogens is 397 g/mol. The molecule has 1 aliphatic carbocycles. The lowest BCUT2D eigenvalue weighted by molar-refractivity contribution is -0.107. The third kappa shape index (κ3) is 5.43. The Balaban J connectivity index is 1.14. The van der Waals surface area contributed by atoms with Gasteiger partial charge in [-0.05, 0) is 61.5 Å². The number of piperidine rings is 1. The van der Waals surface area contributed by atoms with Crippen molar-refractivity contribution in [1.82, 2.24) is 10.1 Å². The Morgan fingerprint density at radius 3 is 2.81 bits per heavy atom. The first kappa shape index (κ1) is 21.8. The van der Waals surface area contributed by atoms with E-state index >= 15 is 0 Å². The summed E-state index contributed by atoms with van der Waals surface area (Å²) in [5.74, 6) is 3.63. The molecule has 2 atom stereocenters. The van der Waals surface area contributed by atoms with E-state index in [1.54, 1.807) is 12.1 Å². The lowest BCUT2D eigenvalue weighted by Crippen LogP contribution is -2.34. The van der Waals surface area contributed by atoms with Crippen LogP contribution in [0.5, 0.6) is 5.75 Å². The molecule has 1 saturated carbocycles. The molecule has 2 fully saturated rings. The van der Waals surface area contributed by atoms with Crippen molar-refractivity contribution in [2.45, 2.75) is 58.3 Å². The predicted octanol–water partition coefficient (Wildman–Crippen LogP) is 4.79. The number of halogens is 1. The standard InChI is InChI=1S/C24H32FN3O3/c1-16(2)23-26-24(31-27-23)28-10-7-17(8-11-28)21-14-19(21)4-3-13-30-20-6-5-18(9-12-29)22(25)15-20/h5-6,12,15-17,19,21H,3-4,7-11,13-14H2,1-2H3. The number of carbonyl (C=O) groups excluding carboxylic acids is 1. The van der Waals surface area contributed by atoms with Gasteiger partial charge in [0.2, 0.25) is 0 Å². The van der Waals surface area contributed by atoms with Crippen molar-refractivity contribution >= 4 is 12.3 Å². The zero-order chi connectivity index (χ0) is 21.8. The number of aromatic nitrogens is 2. The molecule has 4 rings (SSSR count). The van der Waals surface area contributed by atoms with Gasteiger partial charge in [-0.1, -0.05) is 25.1 Å². The minimum Gasteiger partial charge on any atom is -0.493 e. The average Bonchev–Trinajstić information content (AvgIpc) is 3.36. The summed E-state index contributed by atoms with van der Waals surface area (Å²) >= 11 is 0. The molecule has 0 bridgehead atoms. The molecule has 0 spiro atoms. The lowest BCUT2D eigenvalue weighted by atomic mass is 9.90. The number of hydrogen-bond acceptors (Lipinski definition) is 6. The Morgan fingerprint density at radius 1 is 1.32 bits per heavy atom. The van der Waals surface area contributed by atoms with Crippen molar-refractivity contribution in [2.75, 3.05) is 24.6 Å². The molecule has 2 heterocycles. The third-order valence-electron chi connectivity index (χ3n) is 6.66. The fraction of sp³-hybridized carbons (Fsp3) is 0.625. The zero-order valence-electron chi connectivity index (χ0n) is 18.4. The Bertz CT molecular complexity index is 877. The molecule has 168 valence electrons. The van der Waals surface area contributed by atoms with Crippen molar-refractivity contribution in [3.63, 3.8) is 0 Å². The van der Waals surface area contributed by atoms with Gasteiger partial charge in [-0.25, -0.2) is 4.39 Å². The summed E-state index contributed by atoms with van der Waals surface area (Å²) < 4.78 is 25.0. The first-order chi connectivity index (χ1) is 15.0. The summed E-state index contributed by atoms with van der Waals surface area (Å²) in [6.45, 7) is 6.72. The van der Waals surface area contributed by atoms with E-state index in [1.165, 1.54) is 25.3 Å². The van der Waals surface area contributed by atoms with Gasteiger partial charge in [0.1, 0.15) is 17.9 Å². The molecule has 0 N–H and O–H groups in total. The highest BCUT2D eigenvalue weighted by Gasteiger charge is 2.43. The molecule has 2 aliphatic rings. The van der Waals surface area contributed by atoms with Gasteiger partial charge in [0, 0.05) is 31.5 Å². The lowest BCUT2D eigenvalue weighted by Gasteiger charge is -2.30. The highest BCUT2D eigenvalue weighted by Crippen LogP contribution is 2.50.